The number of aryl methyl sites for hydroxylation is 2. The van der Waals surface area contributed by atoms with Crippen molar-refractivity contribution in [2.24, 2.45) is 0 Å². The smallest absolute Gasteiger partial charge is 0.323 e. The summed E-state index contributed by atoms with van der Waals surface area (Å²) in [5.41, 5.74) is -3.53. The standard InChI is InChI=1S/2C25H28F7N3O.2ClH/c2*1-15-9-19(26)5-6-21(15)22-13-20(33(2)3)7-8-35(22)23(36)34(4)14-16-10-17(24(27,28)29)12-18(11-16)25(30,31)32;;/h2*5-6,9-12,20,22H,7-8,13-14H2,1-4H3;2*1H/t2*20-,22-;;/m10../s1. The number of halogens is 16. The van der Waals surface area contributed by atoms with Crippen molar-refractivity contribution in [3.8, 4) is 0 Å². The van der Waals surface area contributed by atoms with E-state index in [1.807, 2.05) is 38.0 Å². The van der Waals surface area contributed by atoms with Crippen molar-refractivity contribution in [3.63, 3.8) is 0 Å². The predicted molar refractivity (Wildman–Crippen MR) is 256 cm³/mol. The van der Waals surface area contributed by atoms with Crippen LogP contribution in [0, 0.1) is 25.5 Å². The minimum atomic E-state index is -4.97. The number of carbonyl (C=O) groups is 2. The van der Waals surface area contributed by atoms with Gasteiger partial charge in [-0.2, -0.15) is 52.7 Å². The topological polar surface area (TPSA) is 53.6 Å². The third kappa shape index (κ3) is 16.0. The van der Waals surface area contributed by atoms with Crippen molar-refractivity contribution < 1.29 is 71.1 Å². The first-order chi connectivity index (χ1) is 33.1. The molecule has 6 rings (SSSR count). The number of likely N-dealkylation sites (tertiary alicyclic amines) is 2. The largest absolute Gasteiger partial charge is 0.416 e. The molecule has 0 unspecified atom stereocenters. The van der Waals surface area contributed by atoms with Crippen LogP contribution in [0.4, 0.5) is 71.1 Å². The molecule has 0 saturated carbocycles. The van der Waals surface area contributed by atoms with Gasteiger partial charge in [0.15, 0.2) is 0 Å². The van der Waals surface area contributed by atoms with Gasteiger partial charge in [-0.05, 0) is 162 Å². The minimum Gasteiger partial charge on any atom is -0.323 e. The molecule has 4 amide bonds. The molecule has 0 radical (unpaired) electrons. The Morgan fingerprint density at radius 2 is 0.770 bits per heavy atom. The number of benzene rings is 4. The Bertz CT molecular complexity index is 2320. The molecule has 2 heterocycles. The van der Waals surface area contributed by atoms with Gasteiger partial charge < -0.3 is 29.4 Å². The summed E-state index contributed by atoms with van der Waals surface area (Å²) >= 11 is 0. The Balaban J connectivity index is 0.000000380. The van der Waals surface area contributed by atoms with Crippen LogP contribution in [0.5, 0.6) is 0 Å². The second-order valence-corrected chi connectivity index (χ2v) is 18.8. The Morgan fingerprint density at radius 3 is 1.01 bits per heavy atom. The summed E-state index contributed by atoms with van der Waals surface area (Å²) in [6.07, 6.45) is -17.6. The lowest BCUT2D eigenvalue weighted by Crippen LogP contribution is -2.50. The van der Waals surface area contributed by atoms with E-state index in [-0.39, 0.29) is 60.2 Å². The molecule has 2 aliphatic heterocycles. The van der Waals surface area contributed by atoms with Gasteiger partial charge in [0.25, 0.3) is 0 Å². The highest BCUT2D eigenvalue weighted by Gasteiger charge is 2.41. The van der Waals surface area contributed by atoms with Crippen LogP contribution in [-0.2, 0) is 37.8 Å². The van der Waals surface area contributed by atoms with E-state index < -0.39 is 95.8 Å². The summed E-state index contributed by atoms with van der Waals surface area (Å²) in [4.78, 5) is 36.2. The number of carbonyl (C=O) groups excluding carboxylic acids is 2. The molecule has 8 nitrogen and oxygen atoms in total. The number of nitrogens with zero attached hydrogens (tertiary/aromatic N) is 6. The molecule has 0 bridgehead atoms. The van der Waals surface area contributed by atoms with E-state index in [2.05, 4.69) is 0 Å². The highest BCUT2D eigenvalue weighted by Crippen LogP contribution is 2.41. The number of piperidine rings is 2. The lowest BCUT2D eigenvalue weighted by molar-refractivity contribution is -0.144. The van der Waals surface area contributed by atoms with Gasteiger partial charge >= 0.3 is 36.8 Å². The summed E-state index contributed by atoms with van der Waals surface area (Å²) in [5.74, 6) is -0.840. The highest BCUT2D eigenvalue weighted by atomic mass is 35.5. The summed E-state index contributed by atoms with van der Waals surface area (Å²) in [7, 11) is 10.3. The number of alkyl halides is 12. The maximum Gasteiger partial charge on any atom is 0.416 e. The monoisotopic (exact) mass is 1110 g/mol. The van der Waals surface area contributed by atoms with E-state index in [1.165, 1.54) is 38.4 Å². The summed E-state index contributed by atoms with van der Waals surface area (Å²) in [6.45, 7) is 3.20. The molecule has 0 aromatic heterocycles. The molecule has 4 aromatic rings. The maximum absolute atomic E-state index is 13.7. The van der Waals surface area contributed by atoms with Crippen LogP contribution in [0.1, 0.15) is 93.4 Å². The molecule has 74 heavy (non-hydrogen) atoms. The Kier molecular flexibility index (Phi) is 21.1. The molecular formula is C50H58Cl2F14N6O2. The first-order valence-electron chi connectivity index (χ1n) is 22.6. The van der Waals surface area contributed by atoms with E-state index in [4.69, 9.17) is 0 Å². The van der Waals surface area contributed by atoms with Gasteiger partial charge in [0.05, 0.1) is 34.3 Å². The highest BCUT2D eigenvalue weighted by molar-refractivity contribution is 5.85. The number of amides is 4. The minimum absolute atomic E-state index is 0. The zero-order valence-corrected chi connectivity index (χ0v) is 43.1. The second-order valence-electron chi connectivity index (χ2n) is 18.8. The molecule has 2 aliphatic rings. The van der Waals surface area contributed by atoms with E-state index in [1.54, 1.807) is 35.8 Å². The fourth-order valence-corrected chi connectivity index (χ4v) is 9.25. The van der Waals surface area contributed by atoms with E-state index in [0.717, 1.165) is 20.9 Å². The lowest BCUT2D eigenvalue weighted by atomic mass is 9.89. The van der Waals surface area contributed by atoms with Gasteiger partial charge in [-0.1, -0.05) is 12.1 Å². The molecule has 4 atom stereocenters. The molecule has 2 fully saturated rings. The maximum atomic E-state index is 13.7. The van der Waals surface area contributed by atoms with Crippen LogP contribution in [0.15, 0.2) is 72.8 Å². The number of rotatable bonds is 8. The number of urea groups is 2. The zero-order chi connectivity index (χ0) is 54.0. The van der Waals surface area contributed by atoms with Crippen molar-refractivity contribution in [1.29, 1.82) is 0 Å². The Labute approximate surface area is 433 Å². The fraction of sp³-hybridized carbons (Fsp3) is 0.480. The summed E-state index contributed by atoms with van der Waals surface area (Å²) < 4.78 is 186. The Morgan fingerprint density at radius 1 is 0.486 bits per heavy atom. The average molecular weight is 1110 g/mol. The van der Waals surface area contributed by atoms with Crippen LogP contribution >= 0.6 is 24.8 Å². The van der Waals surface area contributed by atoms with Crippen molar-refractivity contribution in [2.45, 2.75) is 101 Å². The van der Waals surface area contributed by atoms with Gasteiger partial charge in [0.1, 0.15) is 11.6 Å². The van der Waals surface area contributed by atoms with E-state index in [9.17, 15) is 71.1 Å². The molecule has 0 spiro atoms. The van der Waals surface area contributed by atoms with Crippen LogP contribution in [0.2, 0.25) is 0 Å². The van der Waals surface area contributed by atoms with Crippen molar-refractivity contribution >= 4 is 36.9 Å². The van der Waals surface area contributed by atoms with Gasteiger partial charge in [0.2, 0.25) is 0 Å². The normalized spacial score (nSPS) is 18.5. The molecule has 0 aliphatic carbocycles. The molecule has 2 saturated heterocycles. The first kappa shape index (κ1) is 63.2. The molecule has 0 N–H and O–H groups in total. The average Bonchev–Trinajstić information content (AvgIpc) is 3.27. The quantitative estimate of drug-likeness (QED) is 0.165. The molecule has 412 valence electrons. The van der Waals surface area contributed by atoms with Gasteiger partial charge in [0, 0.05) is 52.4 Å². The van der Waals surface area contributed by atoms with E-state index in [0.29, 0.717) is 74.2 Å². The van der Waals surface area contributed by atoms with E-state index >= 15 is 0 Å². The van der Waals surface area contributed by atoms with Gasteiger partial charge in [-0.15, -0.1) is 24.8 Å². The van der Waals surface area contributed by atoms with Crippen molar-refractivity contribution in [2.75, 3.05) is 55.4 Å². The SMILES string of the molecule is Cc1cc(F)ccc1[C@@H]1C[C@@H](N(C)C)CCN1C(=O)N(C)Cc1cc(C(F)(F)F)cc(C(F)(F)F)c1.Cc1cc(F)ccc1[C@H]1C[C@H](N(C)C)CCN1C(=O)N(C)Cc1cc(C(F)(F)F)cc(C(F)(F)F)c1.Cl.Cl. The summed E-state index contributed by atoms with van der Waals surface area (Å²) in [6, 6.07) is 9.48. The van der Waals surface area contributed by atoms with Crippen LogP contribution in [0.3, 0.4) is 0 Å². The number of hydrogen-bond donors (Lipinski definition) is 0. The second kappa shape index (κ2) is 24.7. The predicted octanol–water partition coefficient (Wildman–Crippen LogP) is 13.8. The van der Waals surface area contributed by atoms with Gasteiger partial charge in [-0.25, -0.2) is 18.4 Å². The molecule has 4 aromatic carbocycles. The van der Waals surface area contributed by atoms with Crippen molar-refractivity contribution in [3.05, 3.63) is 140 Å². The third-order valence-corrected chi connectivity index (χ3v) is 13.1. The van der Waals surface area contributed by atoms with Gasteiger partial charge in [-0.3, -0.25) is 0 Å². The van der Waals surface area contributed by atoms with Crippen LogP contribution in [-0.4, -0.2) is 109 Å². The molecular weight excluding hydrogens is 1050 g/mol. The molecule has 24 heteroatoms. The third-order valence-electron chi connectivity index (χ3n) is 13.1. The van der Waals surface area contributed by atoms with Crippen LogP contribution in [0.25, 0.3) is 0 Å². The number of hydrogen-bond acceptors (Lipinski definition) is 4. The fourth-order valence-electron chi connectivity index (χ4n) is 9.25. The van der Waals surface area contributed by atoms with Crippen molar-refractivity contribution in [1.82, 2.24) is 29.4 Å². The zero-order valence-electron chi connectivity index (χ0n) is 41.5. The first-order valence-corrected chi connectivity index (χ1v) is 22.6. The summed E-state index contributed by atoms with van der Waals surface area (Å²) in [5, 5.41) is 0. The Hall–Kier alpha value is -5.06. The lowest BCUT2D eigenvalue weighted by Gasteiger charge is -2.43. The van der Waals surface area contributed by atoms with Crippen LogP contribution < -0.4 is 0 Å².